The second kappa shape index (κ2) is 6.19. The Kier molecular flexibility index (Phi) is 5.11. The zero-order chi connectivity index (χ0) is 14.5. The van der Waals surface area contributed by atoms with Crippen molar-refractivity contribution in [3.63, 3.8) is 0 Å². The maximum Gasteiger partial charge on any atom is 0.314 e. The quantitative estimate of drug-likeness (QED) is 0.724. The van der Waals surface area contributed by atoms with Crippen molar-refractivity contribution in [2.45, 2.75) is 39.0 Å². The van der Waals surface area contributed by atoms with Crippen molar-refractivity contribution in [3.05, 3.63) is 12.2 Å². The van der Waals surface area contributed by atoms with Crippen molar-refractivity contribution in [3.8, 4) is 0 Å². The Balaban J connectivity index is 3.34. The van der Waals surface area contributed by atoms with Crippen LogP contribution in [0.5, 0.6) is 0 Å². The van der Waals surface area contributed by atoms with Crippen LogP contribution in [0.25, 0.3) is 0 Å². The monoisotopic (exact) mass is 270 g/mol. The standard InChI is InChI=1S/C14H22O5/c1-3-6-13(11(15)16)7-4-5-8-14(13,12(17)18)9-10-19-2/h3,6H,4-5,7-10H2,1-2H3,(H,15,16)(H,17,18). The van der Waals surface area contributed by atoms with Crippen molar-refractivity contribution in [2.75, 3.05) is 13.7 Å². The summed E-state index contributed by atoms with van der Waals surface area (Å²) in [7, 11) is 1.50. The zero-order valence-electron chi connectivity index (χ0n) is 11.5. The van der Waals surface area contributed by atoms with Gasteiger partial charge in [0.1, 0.15) is 5.41 Å². The second-order valence-corrected chi connectivity index (χ2v) is 5.11. The molecule has 1 aliphatic rings. The van der Waals surface area contributed by atoms with E-state index < -0.39 is 22.8 Å². The van der Waals surface area contributed by atoms with Crippen molar-refractivity contribution in [1.29, 1.82) is 0 Å². The van der Waals surface area contributed by atoms with Crippen LogP contribution in [-0.2, 0) is 14.3 Å². The van der Waals surface area contributed by atoms with Crippen LogP contribution in [0.2, 0.25) is 0 Å². The van der Waals surface area contributed by atoms with Gasteiger partial charge in [-0.25, -0.2) is 0 Å². The molecular formula is C14H22O5. The number of rotatable bonds is 6. The number of methoxy groups -OCH3 is 1. The molecule has 0 heterocycles. The molecule has 1 rings (SSSR count). The minimum atomic E-state index is -1.33. The Hall–Kier alpha value is -1.36. The van der Waals surface area contributed by atoms with Gasteiger partial charge in [0.15, 0.2) is 0 Å². The predicted octanol–water partition coefficient (Wildman–Crippen LogP) is 2.32. The summed E-state index contributed by atoms with van der Waals surface area (Å²) < 4.78 is 4.99. The molecule has 0 amide bonds. The van der Waals surface area contributed by atoms with Crippen LogP contribution in [0.15, 0.2) is 12.2 Å². The summed E-state index contributed by atoms with van der Waals surface area (Å²) in [6.45, 7) is 1.97. The van der Waals surface area contributed by atoms with Gasteiger partial charge in [-0.1, -0.05) is 25.0 Å². The predicted molar refractivity (Wildman–Crippen MR) is 69.9 cm³/mol. The number of allylic oxidation sites excluding steroid dienone is 1. The van der Waals surface area contributed by atoms with Crippen LogP contribution < -0.4 is 0 Å². The second-order valence-electron chi connectivity index (χ2n) is 5.11. The molecule has 0 aromatic rings. The molecule has 1 aliphatic carbocycles. The van der Waals surface area contributed by atoms with Gasteiger partial charge >= 0.3 is 11.9 Å². The summed E-state index contributed by atoms with van der Waals surface area (Å²) in [5, 5.41) is 19.3. The first-order valence-electron chi connectivity index (χ1n) is 6.56. The summed E-state index contributed by atoms with van der Waals surface area (Å²) in [5.41, 5.74) is -2.61. The van der Waals surface area contributed by atoms with E-state index in [9.17, 15) is 19.8 Å². The topological polar surface area (TPSA) is 83.8 Å². The lowest BCUT2D eigenvalue weighted by atomic mass is 9.54. The van der Waals surface area contributed by atoms with E-state index >= 15 is 0 Å². The Bertz CT molecular complexity index is 376. The zero-order valence-corrected chi connectivity index (χ0v) is 11.5. The lowest BCUT2D eigenvalue weighted by Crippen LogP contribution is -2.54. The van der Waals surface area contributed by atoms with E-state index in [1.165, 1.54) is 7.11 Å². The average molecular weight is 270 g/mol. The third-order valence-corrected chi connectivity index (χ3v) is 4.25. The van der Waals surface area contributed by atoms with Gasteiger partial charge in [0.25, 0.3) is 0 Å². The first-order chi connectivity index (χ1) is 8.97. The molecule has 0 aromatic carbocycles. The van der Waals surface area contributed by atoms with Gasteiger partial charge in [-0.3, -0.25) is 9.59 Å². The van der Waals surface area contributed by atoms with Crippen molar-refractivity contribution >= 4 is 11.9 Å². The molecule has 5 nitrogen and oxygen atoms in total. The normalized spacial score (nSPS) is 31.5. The van der Waals surface area contributed by atoms with Crippen LogP contribution in [-0.4, -0.2) is 35.9 Å². The van der Waals surface area contributed by atoms with Gasteiger partial charge in [-0.05, 0) is 26.2 Å². The highest BCUT2D eigenvalue weighted by molar-refractivity contribution is 5.88. The molecule has 2 atom stereocenters. The van der Waals surface area contributed by atoms with E-state index in [1.54, 1.807) is 19.1 Å². The van der Waals surface area contributed by atoms with Crippen LogP contribution in [0.4, 0.5) is 0 Å². The molecular weight excluding hydrogens is 248 g/mol. The molecule has 2 N–H and O–H groups in total. The van der Waals surface area contributed by atoms with E-state index in [2.05, 4.69) is 0 Å². The molecule has 1 fully saturated rings. The smallest absolute Gasteiger partial charge is 0.314 e. The van der Waals surface area contributed by atoms with Crippen LogP contribution in [0, 0.1) is 10.8 Å². The Morgan fingerprint density at radius 3 is 2.32 bits per heavy atom. The first-order valence-corrected chi connectivity index (χ1v) is 6.56. The number of ether oxygens (including phenoxy) is 1. The number of hydrogen-bond donors (Lipinski definition) is 2. The SMILES string of the molecule is CC=CC1(C(=O)O)CCCCC1(CCOC)C(=O)O. The van der Waals surface area contributed by atoms with Gasteiger partial charge in [0.2, 0.25) is 0 Å². The van der Waals surface area contributed by atoms with Gasteiger partial charge < -0.3 is 14.9 Å². The third-order valence-electron chi connectivity index (χ3n) is 4.25. The Morgan fingerprint density at radius 2 is 1.84 bits per heavy atom. The van der Waals surface area contributed by atoms with E-state index in [-0.39, 0.29) is 13.0 Å². The van der Waals surface area contributed by atoms with Crippen LogP contribution >= 0.6 is 0 Å². The molecule has 108 valence electrons. The fourth-order valence-corrected chi connectivity index (χ4v) is 3.23. The number of aliphatic carboxylic acids is 2. The minimum absolute atomic E-state index is 0.218. The lowest BCUT2D eigenvalue weighted by Gasteiger charge is -2.46. The van der Waals surface area contributed by atoms with Gasteiger partial charge in [0.05, 0.1) is 5.41 Å². The number of hydrogen-bond acceptors (Lipinski definition) is 3. The summed E-state index contributed by atoms with van der Waals surface area (Å²) >= 11 is 0. The highest BCUT2D eigenvalue weighted by atomic mass is 16.5. The first kappa shape index (κ1) is 15.7. The van der Waals surface area contributed by atoms with E-state index in [0.29, 0.717) is 12.8 Å². The fourth-order valence-electron chi connectivity index (χ4n) is 3.23. The lowest BCUT2D eigenvalue weighted by molar-refractivity contribution is -0.176. The van der Waals surface area contributed by atoms with Gasteiger partial charge in [0, 0.05) is 13.7 Å². The average Bonchev–Trinajstić information content (AvgIpc) is 2.37. The molecule has 1 saturated carbocycles. The molecule has 0 saturated heterocycles. The number of carboxylic acids is 2. The fraction of sp³-hybridized carbons (Fsp3) is 0.714. The molecule has 0 aromatic heterocycles. The molecule has 0 radical (unpaired) electrons. The molecule has 0 aliphatic heterocycles. The molecule has 0 spiro atoms. The van der Waals surface area contributed by atoms with Crippen LogP contribution in [0.3, 0.4) is 0 Å². The number of carbonyl (C=O) groups is 2. The Labute approximate surface area is 113 Å². The van der Waals surface area contributed by atoms with E-state index in [0.717, 1.165) is 12.8 Å². The summed E-state index contributed by atoms with van der Waals surface area (Å²) in [6.07, 6.45) is 5.63. The van der Waals surface area contributed by atoms with Crippen LogP contribution in [0.1, 0.15) is 39.0 Å². The molecule has 0 bridgehead atoms. The highest BCUT2D eigenvalue weighted by Crippen LogP contribution is 2.54. The maximum atomic E-state index is 11.8. The van der Waals surface area contributed by atoms with E-state index in [1.807, 2.05) is 0 Å². The van der Waals surface area contributed by atoms with Crippen molar-refractivity contribution in [1.82, 2.24) is 0 Å². The third kappa shape index (κ3) is 2.52. The molecule has 5 heteroatoms. The largest absolute Gasteiger partial charge is 0.481 e. The Morgan fingerprint density at radius 1 is 1.21 bits per heavy atom. The van der Waals surface area contributed by atoms with Gasteiger partial charge in [-0.15, -0.1) is 0 Å². The van der Waals surface area contributed by atoms with E-state index in [4.69, 9.17) is 4.74 Å². The number of carboxylic acid groups (broad SMARTS) is 2. The summed E-state index contributed by atoms with van der Waals surface area (Å²) in [4.78, 5) is 23.6. The van der Waals surface area contributed by atoms with Crippen molar-refractivity contribution in [2.24, 2.45) is 10.8 Å². The highest BCUT2D eigenvalue weighted by Gasteiger charge is 2.60. The molecule has 19 heavy (non-hydrogen) atoms. The van der Waals surface area contributed by atoms with Gasteiger partial charge in [-0.2, -0.15) is 0 Å². The van der Waals surface area contributed by atoms with Crippen molar-refractivity contribution < 1.29 is 24.5 Å². The summed E-state index contributed by atoms with van der Waals surface area (Å²) in [6, 6.07) is 0. The summed E-state index contributed by atoms with van der Waals surface area (Å²) in [5.74, 6) is -2.09. The maximum absolute atomic E-state index is 11.8. The minimum Gasteiger partial charge on any atom is -0.481 e. The molecule has 2 unspecified atom stereocenters.